The molecule has 10 aromatic rings. The monoisotopic (exact) mass is 763 g/mol. The minimum atomic E-state index is -0.617. The van der Waals surface area contributed by atoms with Gasteiger partial charge in [-0.15, -0.1) is 0 Å². The van der Waals surface area contributed by atoms with Crippen molar-refractivity contribution in [3.63, 3.8) is 0 Å². The topological polar surface area (TPSA) is 3.24 Å². The van der Waals surface area contributed by atoms with E-state index >= 15 is 0 Å². The van der Waals surface area contributed by atoms with E-state index in [-0.39, 0.29) is 0 Å². The lowest BCUT2D eigenvalue weighted by Gasteiger charge is -2.35. The molecule has 0 atom stereocenters. The quantitative estimate of drug-likeness (QED) is 0.149. The summed E-state index contributed by atoms with van der Waals surface area (Å²) in [5.41, 5.74) is 17.6. The molecule has 0 N–H and O–H groups in total. The molecule has 10 aromatic carbocycles. The lowest BCUT2D eigenvalue weighted by molar-refractivity contribution is 0.775. The van der Waals surface area contributed by atoms with E-state index in [9.17, 15) is 0 Å². The smallest absolute Gasteiger partial charge is 0.0720 e. The van der Waals surface area contributed by atoms with E-state index in [1.54, 1.807) is 0 Å². The van der Waals surface area contributed by atoms with Crippen molar-refractivity contribution >= 4 is 27.8 Å². The third-order valence-electron chi connectivity index (χ3n) is 12.3. The van der Waals surface area contributed by atoms with Gasteiger partial charge in [0.2, 0.25) is 0 Å². The Kier molecular flexibility index (Phi) is 8.79. The van der Waals surface area contributed by atoms with Gasteiger partial charge in [0.05, 0.1) is 5.41 Å². The summed E-state index contributed by atoms with van der Waals surface area (Å²) in [5.74, 6) is 0. The van der Waals surface area contributed by atoms with Gasteiger partial charge >= 0.3 is 0 Å². The normalized spacial score (nSPS) is 12.5. The Hall–Kier alpha value is -7.74. The zero-order valence-electron chi connectivity index (χ0n) is 33.1. The minimum absolute atomic E-state index is 0.617. The van der Waals surface area contributed by atoms with Crippen LogP contribution < -0.4 is 4.90 Å². The summed E-state index contributed by atoms with van der Waals surface area (Å²) in [5, 5.41) is 2.50. The van der Waals surface area contributed by atoms with Gasteiger partial charge in [0.25, 0.3) is 0 Å². The van der Waals surface area contributed by atoms with Crippen molar-refractivity contribution in [2.75, 3.05) is 4.90 Å². The van der Waals surface area contributed by atoms with Crippen LogP contribution in [0.2, 0.25) is 0 Å². The maximum absolute atomic E-state index is 2.48. The van der Waals surface area contributed by atoms with Crippen molar-refractivity contribution in [2.45, 2.75) is 5.41 Å². The number of fused-ring (bicyclic) bond motifs is 5. The number of nitrogens with zero attached hydrogens (tertiary/aromatic N) is 1. The van der Waals surface area contributed by atoms with Crippen LogP contribution in [0.3, 0.4) is 0 Å². The summed E-state index contributed by atoms with van der Waals surface area (Å²) in [7, 11) is 0. The Bertz CT molecular complexity index is 2960. The number of rotatable bonds is 8. The Balaban J connectivity index is 1.20. The van der Waals surface area contributed by atoms with E-state index in [1.807, 2.05) is 0 Å². The largest absolute Gasteiger partial charge is 0.310 e. The van der Waals surface area contributed by atoms with Gasteiger partial charge in [-0.3, -0.25) is 0 Å². The SMILES string of the molecule is c1ccc(-c2ccc(N(c3ccc(-c4ccccc4)cc3)c3ccc4c(c3)C(c3ccccc3)(c3ccccc3)c3c-4c(-c4ccccc4)cc4ccccc34)cc2)cc1. The van der Waals surface area contributed by atoms with Crippen molar-refractivity contribution in [3.8, 4) is 44.5 Å². The van der Waals surface area contributed by atoms with E-state index in [4.69, 9.17) is 0 Å². The second-order valence-electron chi connectivity index (χ2n) is 15.6. The fourth-order valence-corrected chi connectivity index (χ4v) is 9.65. The third kappa shape index (κ3) is 5.86. The molecule has 0 bridgehead atoms. The van der Waals surface area contributed by atoms with E-state index in [0.29, 0.717) is 0 Å². The second-order valence-corrected chi connectivity index (χ2v) is 15.6. The summed E-state index contributed by atoms with van der Waals surface area (Å²) >= 11 is 0. The predicted octanol–water partition coefficient (Wildman–Crippen LogP) is 15.7. The molecule has 1 nitrogen and oxygen atoms in total. The number of hydrogen-bond acceptors (Lipinski definition) is 1. The van der Waals surface area contributed by atoms with Crippen LogP contribution in [0.15, 0.2) is 249 Å². The highest BCUT2D eigenvalue weighted by atomic mass is 15.1. The summed E-state index contributed by atoms with van der Waals surface area (Å²) in [4.78, 5) is 2.42. The molecule has 0 spiro atoms. The molecule has 1 aliphatic rings. The summed E-state index contributed by atoms with van der Waals surface area (Å²) in [6, 6.07) is 91.1. The maximum Gasteiger partial charge on any atom is 0.0720 e. The molecular weight excluding hydrogens is 723 g/mol. The van der Waals surface area contributed by atoms with Crippen molar-refractivity contribution < 1.29 is 0 Å². The van der Waals surface area contributed by atoms with Crippen LogP contribution in [0.1, 0.15) is 22.3 Å². The van der Waals surface area contributed by atoms with Gasteiger partial charge in [-0.1, -0.05) is 206 Å². The highest BCUT2D eigenvalue weighted by Gasteiger charge is 2.48. The molecule has 0 aromatic heterocycles. The lowest BCUT2D eigenvalue weighted by Crippen LogP contribution is -2.29. The summed E-state index contributed by atoms with van der Waals surface area (Å²) in [6.07, 6.45) is 0. The Morgan fingerprint density at radius 2 is 0.717 bits per heavy atom. The van der Waals surface area contributed by atoms with E-state index in [2.05, 4.69) is 254 Å². The van der Waals surface area contributed by atoms with Crippen LogP contribution in [-0.4, -0.2) is 0 Å². The van der Waals surface area contributed by atoms with Crippen LogP contribution in [-0.2, 0) is 5.41 Å². The molecule has 0 radical (unpaired) electrons. The first-order chi connectivity index (χ1) is 29.8. The molecule has 1 heteroatoms. The Morgan fingerprint density at radius 3 is 1.23 bits per heavy atom. The van der Waals surface area contributed by atoms with Crippen molar-refractivity contribution in [3.05, 3.63) is 271 Å². The highest BCUT2D eigenvalue weighted by Crippen LogP contribution is 2.61. The minimum Gasteiger partial charge on any atom is -0.310 e. The summed E-state index contributed by atoms with van der Waals surface area (Å²) < 4.78 is 0. The van der Waals surface area contributed by atoms with Crippen LogP contribution in [0.4, 0.5) is 17.1 Å². The van der Waals surface area contributed by atoms with Gasteiger partial charge in [0, 0.05) is 17.1 Å². The molecule has 0 saturated heterocycles. The van der Waals surface area contributed by atoms with E-state index < -0.39 is 5.41 Å². The fraction of sp³-hybridized carbons (Fsp3) is 0.0169. The zero-order valence-corrected chi connectivity index (χ0v) is 33.1. The molecular formula is C59H41N. The second kappa shape index (κ2) is 14.9. The molecule has 282 valence electrons. The molecule has 0 unspecified atom stereocenters. The average Bonchev–Trinajstić information content (AvgIpc) is 3.65. The molecule has 0 heterocycles. The van der Waals surface area contributed by atoms with Crippen molar-refractivity contribution in [1.29, 1.82) is 0 Å². The van der Waals surface area contributed by atoms with Gasteiger partial charge in [0.1, 0.15) is 0 Å². The molecule has 1 aliphatic carbocycles. The third-order valence-corrected chi connectivity index (χ3v) is 12.3. The van der Waals surface area contributed by atoms with Gasteiger partial charge in [-0.05, 0) is 120 Å². The van der Waals surface area contributed by atoms with Gasteiger partial charge in [0.15, 0.2) is 0 Å². The number of hydrogen-bond donors (Lipinski definition) is 0. The molecule has 0 saturated carbocycles. The average molecular weight is 764 g/mol. The first-order valence-electron chi connectivity index (χ1n) is 20.8. The number of anilines is 3. The molecule has 0 fully saturated rings. The maximum atomic E-state index is 2.48. The van der Waals surface area contributed by atoms with Gasteiger partial charge < -0.3 is 4.90 Å². The van der Waals surface area contributed by atoms with Crippen LogP contribution in [0.25, 0.3) is 55.3 Å². The highest BCUT2D eigenvalue weighted by molar-refractivity contribution is 6.07. The standard InChI is InChI=1S/C59H41N/c1-6-18-42(19-7-1)44-30-34-50(35-31-44)60(51-36-32-45(33-37-51)43-20-8-2-9-21-43)52-38-39-54-56(41-52)59(48-25-12-4-13-26-48,49-27-14-5-15-28-49)58-53-29-17-16-24-47(53)40-55(57(54)58)46-22-10-3-11-23-46/h1-41H. The molecule has 11 rings (SSSR count). The van der Waals surface area contributed by atoms with Crippen molar-refractivity contribution in [2.24, 2.45) is 0 Å². The van der Waals surface area contributed by atoms with E-state index in [0.717, 1.165) is 17.1 Å². The predicted molar refractivity (Wildman–Crippen MR) is 252 cm³/mol. The molecule has 0 amide bonds. The zero-order chi connectivity index (χ0) is 39.9. The van der Waals surface area contributed by atoms with Gasteiger partial charge in [-0.2, -0.15) is 0 Å². The van der Waals surface area contributed by atoms with Crippen LogP contribution in [0, 0.1) is 0 Å². The lowest BCUT2D eigenvalue weighted by atomic mass is 9.66. The fourth-order valence-electron chi connectivity index (χ4n) is 9.65. The Morgan fingerprint density at radius 1 is 0.300 bits per heavy atom. The molecule has 0 aliphatic heterocycles. The Labute approximate surface area is 352 Å². The summed E-state index contributed by atoms with van der Waals surface area (Å²) in [6.45, 7) is 0. The number of benzene rings is 10. The van der Waals surface area contributed by atoms with E-state index in [1.165, 1.54) is 77.5 Å². The van der Waals surface area contributed by atoms with Crippen LogP contribution in [0.5, 0.6) is 0 Å². The van der Waals surface area contributed by atoms with Gasteiger partial charge in [-0.25, -0.2) is 0 Å². The van der Waals surface area contributed by atoms with Crippen LogP contribution >= 0.6 is 0 Å². The van der Waals surface area contributed by atoms with Crippen molar-refractivity contribution in [1.82, 2.24) is 0 Å². The molecule has 60 heavy (non-hydrogen) atoms. The first-order valence-corrected chi connectivity index (χ1v) is 20.8. The first kappa shape index (κ1) is 35.4.